The molecule has 1 aliphatic rings. The highest BCUT2D eigenvalue weighted by atomic mass is 32.2. The van der Waals surface area contributed by atoms with Gasteiger partial charge in [-0.25, -0.2) is 12.7 Å². The molecular weight excluding hydrogens is 526 g/mol. The highest BCUT2D eigenvalue weighted by Crippen LogP contribution is 2.41. The Kier molecular flexibility index (Phi) is 7.39. The molecule has 8 nitrogen and oxygen atoms in total. The second-order valence-electron chi connectivity index (χ2n) is 9.23. The number of non-ortho nitro benzene ring substituents is 1. The number of methoxy groups -OCH3 is 1. The van der Waals surface area contributed by atoms with Gasteiger partial charge in [-0.2, -0.15) is 0 Å². The number of hydrogen-bond donors (Lipinski definition) is 0. The van der Waals surface area contributed by atoms with Crippen molar-refractivity contribution in [2.75, 3.05) is 12.0 Å². The van der Waals surface area contributed by atoms with E-state index in [4.69, 9.17) is 4.74 Å². The number of hydrogen-bond acceptors (Lipinski definition) is 6. The van der Waals surface area contributed by atoms with Crippen molar-refractivity contribution < 1.29 is 18.1 Å². The predicted molar refractivity (Wildman–Crippen MR) is 155 cm³/mol. The van der Waals surface area contributed by atoms with E-state index < -0.39 is 21.0 Å². The molecule has 0 amide bonds. The van der Waals surface area contributed by atoms with E-state index in [0.717, 1.165) is 16.8 Å². The quantitative estimate of drug-likeness (QED) is 0.187. The second-order valence-corrected chi connectivity index (χ2v) is 11.0. The van der Waals surface area contributed by atoms with Gasteiger partial charge in [0.25, 0.3) is 15.7 Å². The minimum absolute atomic E-state index is 0.0728. The molecule has 1 aliphatic heterocycles. The third-order valence-corrected chi connectivity index (χ3v) is 8.41. The first-order valence-corrected chi connectivity index (χ1v) is 14.0. The van der Waals surface area contributed by atoms with Crippen LogP contribution in [0.4, 0.5) is 11.4 Å². The molecule has 40 heavy (non-hydrogen) atoms. The van der Waals surface area contributed by atoms with E-state index in [9.17, 15) is 18.5 Å². The van der Waals surface area contributed by atoms with E-state index in [2.05, 4.69) is 0 Å². The molecule has 5 rings (SSSR count). The van der Waals surface area contributed by atoms with Crippen molar-refractivity contribution in [3.8, 4) is 5.75 Å². The van der Waals surface area contributed by atoms with Crippen molar-refractivity contribution in [1.82, 2.24) is 4.31 Å². The minimum atomic E-state index is -4.11. The summed E-state index contributed by atoms with van der Waals surface area (Å²) in [5.41, 5.74) is 2.98. The molecule has 0 N–H and O–H groups in total. The fraction of sp³-hybridized carbons (Fsp3) is 0.0968. The molecule has 4 aromatic rings. The maximum absolute atomic E-state index is 14.4. The molecule has 0 aromatic heterocycles. The van der Waals surface area contributed by atoms with Crippen LogP contribution in [0.3, 0.4) is 0 Å². The Hall–Kier alpha value is -4.89. The number of aryl methyl sites for hydroxylation is 1. The lowest BCUT2D eigenvalue weighted by molar-refractivity contribution is -0.384. The van der Waals surface area contributed by atoms with E-state index in [1.54, 1.807) is 54.5 Å². The minimum Gasteiger partial charge on any atom is -0.497 e. The Bertz CT molecular complexity index is 1670. The summed E-state index contributed by atoms with van der Waals surface area (Å²) in [6.07, 6.45) is 5.42. The molecule has 0 spiro atoms. The molecule has 9 heteroatoms. The predicted octanol–water partition coefficient (Wildman–Crippen LogP) is 6.68. The van der Waals surface area contributed by atoms with E-state index in [-0.39, 0.29) is 10.6 Å². The average Bonchev–Trinajstić information content (AvgIpc) is 2.98. The number of rotatable bonds is 7. The zero-order valence-electron chi connectivity index (χ0n) is 21.9. The molecule has 1 atom stereocenters. The Morgan fingerprint density at radius 2 is 1.52 bits per heavy atom. The smallest absolute Gasteiger partial charge is 0.269 e. The van der Waals surface area contributed by atoms with Gasteiger partial charge in [0.2, 0.25) is 0 Å². The highest BCUT2D eigenvalue weighted by Gasteiger charge is 2.38. The average molecular weight is 554 g/mol. The van der Waals surface area contributed by atoms with Gasteiger partial charge in [-0.15, -0.1) is 0 Å². The number of anilines is 1. The summed E-state index contributed by atoms with van der Waals surface area (Å²) in [7, 11) is -2.53. The van der Waals surface area contributed by atoms with Crippen molar-refractivity contribution in [2.45, 2.75) is 17.9 Å². The zero-order chi connectivity index (χ0) is 28.3. The number of nitro groups is 1. The number of benzene rings is 4. The van der Waals surface area contributed by atoms with Crippen LogP contribution < -0.4 is 9.64 Å². The van der Waals surface area contributed by atoms with Crippen LogP contribution in [0.2, 0.25) is 0 Å². The molecule has 0 radical (unpaired) electrons. The fourth-order valence-corrected chi connectivity index (χ4v) is 6.08. The van der Waals surface area contributed by atoms with Gasteiger partial charge in [0.1, 0.15) is 11.6 Å². The number of nitro benzene ring substituents is 1. The Morgan fingerprint density at radius 1 is 0.875 bits per heavy atom. The molecule has 0 saturated heterocycles. The lowest BCUT2D eigenvalue weighted by Crippen LogP contribution is -2.42. The van der Waals surface area contributed by atoms with Gasteiger partial charge in [-0.3, -0.25) is 10.1 Å². The largest absolute Gasteiger partial charge is 0.497 e. The summed E-state index contributed by atoms with van der Waals surface area (Å²) in [5, 5.41) is 11.3. The number of sulfonamides is 1. The van der Waals surface area contributed by atoms with Crippen molar-refractivity contribution in [1.29, 1.82) is 0 Å². The molecule has 1 unspecified atom stereocenters. The summed E-state index contributed by atoms with van der Waals surface area (Å²) in [6.45, 7) is 1.89. The molecule has 202 valence electrons. The topological polar surface area (TPSA) is 93.0 Å². The van der Waals surface area contributed by atoms with Gasteiger partial charge in [0.15, 0.2) is 0 Å². The van der Waals surface area contributed by atoms with Gasteiger partial charge in [0.05, 0.1) is 23.0 Å². The maximum Gasteiger partial charge on any atom is 0.269 e. The first kappa shape index (κ1) is 26.7. The van der Waals surface area contributed by atoms with Gasteiger partial charge in [-0.05, 0) is 78.7 Å². The van der Waals surface area contributed by atoms with Crippen LogP contribution >= 0.6 is 0 Å². The summed E-state index contributed by atoms with van der Waals surface area (Å²) >= 11 is 0. The van der Waals surface area contributed by atoms with E-state index >= 15 is 0 Å². The van der Waals surface area contributed by atoms with Gasteiger partial charge in [0, 0.05) is 24.0 Å². The van der Waals surface area contributed by atoms with E-state index in [1.807, 2.05) is 73.8 Å². The first-order valence-electron chi connectivity index (χ1n) is 12.5. The zero-order valence-corrected chi connectivity index (χ0v) is 22.7. The van der Waals surface area contributed by atoms with E-state index in [1.165, 1.54) is 16.4 Å². The Labute approximate surface area is 233 Å². The standard InChI is InChI=1S/C31H27N3O5S/c1-23-8-18-29(19-9-23)40(37,38)33-30(25-10-12-27(13-11-25)34(35)36)20-21-32(26-14-16-28(39-2)17-15-26)31(33)22-24-6-4-3-5-7-24/h3-22,30H,1-2H3/b31-22+. The van der Waals surface area contributed by atoms with Crippen LogP contribution in [0.5, 0.6) is 5.75 Å². The second kappa shape index (κ2) is 11.1. The Balaban J connectivity index is 1.74. The lowest BCUT2D eigenvalue weighted by Gasteiger charge is -2.41. The first-order chi connectivity index (χ1) is 19.3. The molecule has 0 bridgehead atoms. The third kappa shape index (κ3) is 5.32. The van der Waals surface area contributed by atoms with Crippen LogP contribution in [0.1, 0.15) is 22.7 Å². The molecule has 4 aromatic carbocycles. The fourth-order valence-electron chi connectivity index (χ4n) is 4.50. The van der Waals surface area contributed by atoms with Gasteiger partial charge >= 0.3 is 0 Å². The summed E-state index contributed by atoms with van der Waals surface area (Å²) < 4.78 is 35.6. The van der Waals surface area contributed by atoms with Gasteiger partial charge < -0.3 is 9.64 Å². The van der Waals surface area contributed by atoms with Crippen molar-refractivity contribution in [2.24, 2.45) is 0 Å². The normalized spacial score (nSPS) is 16.2. The lowest BCUT2D eigenvalue weighted by atomic mass is 10.0. The van der Waals surface area contributed by atoms with Gasteiger partial charge in [-0.1, -0.05) is 48.0 Å². The van der Waals surface area contributed by atoms with Crippen LogP contribution in [0.25, 0.3) is 6.08 Å². The van der Waals surface area contributed by atoms with Crippen LogP contribution in [-0.2, 0) is 10.0 Å². The van der Waals surface area contributed by atoms with Crippen molar-refractivity contribution >= 4 is 27.5 Å². The van der Waals surface area contributed by atoms with Crippen LogP contribution in [-0.4, -0.2) is 24.8 Å². The maximum atomic E-state index is 14.4. The van der Waals surface area contributed by atoms with Crippen LogP contribution in [0, 0.1) is 17.0 Å². The third-order valence-electron chi connectivity index (χ3n) is 6.61. The van der Waals surface area contributed by atoms with Crippen LogP contribution in [0.15, 0.2) is 126 Å². The van der Waals surface area contributed by atoms with Crippen molar-refractivity contribution in [3.63, 3.8) is 0 Å². The molecule has 0 saturated carbocycles. The molecule has 0 aliphatic carbocycles. The molecule has 0 fully saturated rings. The summed E-state index contributed by atoms with van der Waals surface area (Å²) in [5.74, 6) is 1.06. The van der Waals surface area contributed by atoms with Crippen molar-refractivity contribution in [3.05, 3.63) is 148 Å². The monoisotopic (exact) mass is 553 g/mol. The highest BCUT2D eigenvalue weighted by molar-refractivity contribution is 7.89. The molecule has 1 heterocycles. The summed E-state index contributed by atoms with van der Waals surface area (Å²) in [6, 6.07) is 28.7. The summed E-state index contributed by atoms with van der Waals surface area (Å²) in [4.78, 5) is 12.7. The number of nitrogens with zero attached hydrogens (tertiary/aromatic N) is 3. The van der Waals surface area contributed by atoms with E-state index in [0.29, 0.717) is 17.1 Å². The Morgan fingerprint density at radius 3 is 2.12 bits per heavy atom. The SMILES string of the molecule is COc1ccc(N2C=CC(c3ccc([N+](=O)[O-])cc3)N(S(=O)(=O)c3ccc(C)cc3)/C2=C/c2ccccc2)cc1. The molecular formula is C31H27N3O5S. The number of ether oxygens (including phenoxy) is 1.